The van der Waals surface area contributed by atoms with E-state index in [1.165, 1.54) is 11.3 Å². The predicted octanol–water partition coefficient (Wildman–Crippen LogP) is 3.28. The number of benzene rings is 1. The van der Waals surface area contributed by atoms with Gasteiger partial charge in [0, 0.05) is 11.1 Å². The number of aromatic nitrogens is 1. The standard InChI is InChI=1S/C16H17ClN2O4S/c1-9(7-14(20)21)18-16(22)15-10(2)19-13(24-15)8-23-12-5-3-11(17)4-6-12/h3-6,9H,7-8H2,1-2H3,(H,18,22)(H,20,21). The number of carboxylic acid groups (broad SMARTS) is 1. The Morgan fingerprint density at radius 1 is 1.38 bits per heavy atom. The van der Waals surface area contributed by atoms with E-state index in [4.69, 9.17) is 21.4 Å². The molecule has 2 aromatic rings. The summed E-state index contributed by atoms with van der Waals surface area (Å²) in [4.78, 5) is 27.6. The number of rotatable bonds is 7. The molecule has 8 heteroatoms. The van der Waals surface area contributed by atoms with E-state index in [-0.39, 0.29) is 18.9 Å². The molecule has 0 bridgehead atoms. The fourth-order valence-electron chi connectivity index (χ4n) is 2.00. The van der Waals surface area contributed by atoms with Gasteiger partial charge in [0.1, 0.15) is 22.2 Å². The van der Waals surface area contributed by atoms with Gasteiger partial charge in [-0.15, -0.1) is 11.3 Å². The Labute approximate surface area is 148 Å². The molecular formula is C16H17ClN2O4S. The molecular weight excluding hydrogens is 352 g/mol. The highest BCUT2D eigenvalue weighted by atomic mass is 35.5. The molecule has 0 saturated carbocycles. The summed E-state index contributed by atoms with van der Waals surface area (Å²) in [5.74, 6) is -0.620. The smallest absolute Gasteiger partial charge is 0.305 e. The Balaban J connectivity index is 1.97. The quantitative estimate of drug-likeness (QED) is 0.782. The van der Waals surface area contributed by atoms with Gasteiger partial charge in [-0.3, -0.25) is 9.59 Å². The molecule has 1 unspecified atom stereocenters. The maximum absolute atomic E-state index is 12.2. The fourth-order valence-corrected chi connectivity index (χ4v) is 3.01. The number of carbonyl (C=O) groups is 2. The van der Waals surface area contributed by atoms with Crippen molar-refractivity contribution in [3.05, 3.63) is 44.9 Å². The van der Waals surface area contributed by atoms with Crippen LogP contribution in [0.25, 0.3) is 0 Å². The summed E-state index contributed by atoms with van der Waals surface area (Å²) < 4.78 is 5.61. The number of nitrogens with zero attached hydrogens (tertiary/aromatic N) is 1. The molecule has 0 fully saturated rings. The maximum atomic E-state index is 12.2. The highest BCUT2D eigenvalue weighted by Crippen LogP contribution is 2.21. The van der Waals surface area contributed by atoms with Crippen molar-refractivity contribution in [1.29, 1.82) is 0 Å². The molecule has 1 amide bonds. The second-order valence-corrected chi connectivity index (χ2v) is 6.76. The van der Waals surface area contributed by atoms with Gasteiger partial charge in [-0.1, -0.05) is 11.6 Å². The van der Waals surface area contributed by atoms with Crippen LogP contribution < -0.4 is 10.1 Å². The van der Waals surface area contributed by atoms with Crippen molar-refractivity contribution in [3.63, 3.8) is 0 Å². The van der Waals surface area contributed by atoms with Gasteiger partial charge in [0.15, 0.2) is 0 Å². The van der Waals surface area contributed by atoms with Crippen molar-refractivity contribution < 1.29 is 19.4 Å². The summed E-state index contributed by atoms with van der Waals surface area (Å²) >= 11 is 7.04. The number of aryl methyl sites for hydroxylation is 1. The van der Waals surface area contributed by atoms with Crippen LogP contribution in [-0.4, -0.2) is 28.0 Å². The number of hydrogen-bond acceptors (Lipinski definition) is 5. The van der Waals surface area contributed by atoms with Crippen molar-refractivity contribution in [1.82, 2.24) is 10.3 Å². The summed E-state index contributed by atoms with van der Waals surface area (Å²) in [6, 6.07) is 6.51. The first-order chi connectivity index (χ1) is 11.3. The Morgan fingerprint density at radius 3 is 2.67 bits per heavy atom. The normalized spacial score (nSPS) is 11.8. The summed E-state index contributed by atoms with van der Waals surface area (Å²) in [6.07, 6.45) is -0.129. The summed E-state index contributed by atoms with van der Waals surface area (Å²) in [5.41, 5.74) is 0.592. The minimum Gasteiger partial charge on any atom is -0.486 e. The first-order valence-electron chi connectivity index (χ1n) is 7.22. The molecule has 2 rings (SSSR count). The second-order valence-electron chi connectivity index (χ2n) is 5.24. The minimum atomic E-state index is -0.958. The van der Waals surface area contributed by atoms with E-state index in [2.05, 4.69) is 10.3 Å². The SMILES string of the molecule is Cc1nc(COc2ccc(Cl)cc2)sc1C(=O)NC(C)CC(=O)O. The number of thiazole rings is 1. The van der Waals surface area contributed by atoms with E-state index in [1.54, 1.807) is 38.1 Å². The molecule has 1 aromatic heterocycles. The number of halogens is 1. The first kappa shape index (κ1) is 18.2. The van der Waals surface area contributed by atoms with Crippen molar-refractivity contribution in [2.24, 2.45) is 0 Å². The van der Waals surface area contributed by atoms with Crippen molar-refractivity contribution in [3.8, 4) is 5.75 Å². The number of aliphatic carboxylic acids is 1. The lowest BCUT2D eigenvalue weighted by molar-refractivity contribution is -0.137. The number of carboxylic acids is 1. The van der Waals surface area contributed by atoms with Gasteiger partial charge in [-0.2, -0.15) is 0 Å². The zero-order valence-corrected chi connectivity index (χ0v) is 14.8. The van der Waals surface area contributed by atoms with E-state index in [1.807, 2.05) is 0 Å². The van der Waals surface area contributed by atoms with Gasteiger partial charge < -0.3 is 15.2 Å². The van der Waals surface area contributed by atoms with E-state index in [9.17, 15) is 9.59 Å². The number of hydrogen-bond donors (Lipinski definition) is 2. The molecule has 1 atom stereocenters. The molecule has 0 aliphatic carbocycles. The van der Waals surface area contributed by atoms with Crippen LogP contribution in [-0.2, 0) is 11.4 Å². The molecule has 0 aliphatic rings. The largest absolute Gasteiger partial charge is 0.486 e. The Bertz CT molecular complexity index is 730. The molecule has 2 N–H and O–H groups in total. The lowest BCUT2D eigenvalue weighted by Gasteiger charge is -2.10. The van der Waals surface area contributed by atoms with E-state index < -0.39 is 12.0 Å². The van der Waals surface area contributed by atoms with Gasteiger partial charge in [-0.25, -0.2) is 4.98 Å². The van der Waals surface area contributed by atoms with Crippen molar-refractivity contribution in [2.45, 2.75) is 32.9 Å². The van der Waals surface area contributed by atoms with E-state index in [0.717, 1.165) is 0 Å². The lowest BCUT2D eigenvalue weighted by atomic mass is 10.2. The van der Waals surface area contributed by atoms with Crippen LogP contribution >= 0.6 is 22.9 Å². The third-order valence-corrected chi connectivity index (χ3v) is 4.46. The van der Waals surface area contributed by atoms with Crippen LogP contribution in [0.3, 0.4) is 0 Å². The third-order valence-electron chi connectivity index (χ3n) is 3.08. The number of nitrogens with one attached hydrogen (secondary N) is 1. The van der Waals surface area contributed by atoms with E-state index in [0.29, 0.717) is 26.4 Å². The number of carbonyl (C=O) groups excluding carboxylic acids is 1. The monoisotopic (exact) mass is 368 g/mol. The lowest BCUT2D eigenvalue weighted by Crippen LogP contribution is -2.34. The average Bonchev–Trinajstić information content (AvgIpc) is 2.87. The van der Waals surface area contributed by atoms with Crippen LogP contribution in [0.4, 0.5) is 0 Å². The number of amides is 1. The molecule has 1 heterocycles. The zero-order chi connectivity index (χ0) is 17.7. The van der Waals surface area contributed by atoms with Crippen molar-refractivity contribution in [2.75, 3.05) is 0 Å². The Kier molecular flexibility index (Phi) is 6.16. The molecule has 24 heavy (non-hydrogen) atoms. The first-order valence-corrected chi connectivity index (χ1v) is 8.42. The highest BCUT2D eigenvalue weighted by Gasteiger charge is 2.18. The maximum Gasteiger partial charge on any atom is 0.305 e. The Hall–Kier alpha value is -2.12. The molecule has 0 spiro atoms. The van der Waals surface area contributed by atoms with Gasteiger partial charge >= 0.3 is 5.97 Å². The van der Waals surface area contributed by atoms with E-state index >= 15 is 0 Å². The van der Waals surface area contributed by atoms with Crippen LogP contribution in [0.2, 0.25) is 5.02 Å². The highest BCUT2D eigenvalue weighted by molar-refractivity contribution is 7.13. The molecule has 6 nitrogen and oxygen atoms in total. The van der Waals surface area contributed by atoms with Gasteiger partial charge in [0.2, 0.25) is 0 Å². The van der Waals surface area contributed by atoms with Gasteiger partial charge in [0.05, 0.1) is 12.1 Å². The second kappa shape index (κ2) is 8.12. The van der Waals surface area contributed by atoms with Crippen LogP contribution in [0.1, 0.15) is 33.7 Å². The van der Waals surface area contributed by atoms with Crippen LogP contribution in [0.5, 0.6) is 5.75 Å². The molecule has 0 aliphatic heterocycles. The average molecular weight is 369 g/mol. The predicted molar refractivity (Wildman–Crippen MR) is 91.8 cm³/mol. The van der Waals surface area contributed by atoms with Gasteiger partial charge in [-0.05, 0) is 38.1 Å². The topological polar surface area (TPSA) is 88.5 Å². The minimum absolute atomic E-state index is 0.129. The van der Waals surface area contributed by atoms with Crippen molar-refractivity contribution >= 4 is 34.8 Å². The number of ether oxygens (including phenoxy) is 1. The van der Waals surface area contributed by atoms with Crippen LogP contribution in [0, 0.1) is 6.92 Å². The molecule has 128 valence electrons. The third kappa shape index (κ3) is 5.21. The van der Waals surface area contributed by atoms with Crippen LogP contribution in [0.15, 0.2) is 24.3 Å². The summed E-state index contributed by atoms with van der Waals surface area (Å²) in [6.45, 7) is 3.62. The fraction of sp³-hybridized carbons (Fsp3) is 0.312. The zero-order valence-electron chi connectivity index (χ0n) is 13.2. The molecule has 0 saturated heterocycles. The summed E-state index contributed by atoms with van der Waals surface area (Å²) in [5, 5.41) is 12.7. The molecule has 1 aromatic carbocycles. The summed E-state index contributed by atoms with van der Waals surface area (Å²) in [7, 11) is 0. The molecule has 0 radical (unpaired) electrons. The Morgan fingerprint density at radius 2 is 2.04 bits per heavy atom. The van der Waals surface area contributed by atoms with Gasteiger partial charge in [0.25, 0.3) is 5.91 Å².